The van der Waals surface area contributed by atoms with Gasteiger partial charge in [-0.25, -0.2) is 0 Å². The van der Waals surface area contributed by atoms with Gasteiger partial charge in [-0.15, -0.1) is 0 Å². The van der Waals surface area contributed by atoms with Crippen LogP contribution in [-0.2, 0) is 17.9 Å². The van der Waals surface area contributed by atoms with E-state index in [1.165, 1.54) is 0 Å². The van der Waals surface area contributed by atoms with Crippen molar-refractivity contribution in [1.82, 2.24) is 4.90 Å². The summed E-state index contributed by atoms with van der Waals surface area (Å²) in [6.45, 7) is 1.68. The summed E-state index contributed by atoms with van der Waals surface area (Å²) < 4.78 is 0. The maximum absolute atomic E-state index is 10.7. The fourth-order valence-corrected chi connectivity index (χ4v) is 2.43. The number of carboxylic acids is 1. The Hall–Kier alpha value is -2.17. The zero-order valence-electron chi connectivity index (χ0n) is 12.4. The lowest BCUT2D eigenvalue weighted by molar-refractivity contribution is -0.139. The van der Waals surface area contributed by atoms with Gasteiger partial charge in [0.1, 0.15) is 0 Å². The van der Waals surface area contributed by atoms with Crippen LogP contribution in [0.4, 0.5) is 0 Å². The minimum atomic E-state index is -0.980. The van der Waals surface area contributed by atoms with Gasteiger partial charge in [0.25, 0.3) is 0 Å². The quantitative estimate of drug-likeness (QED) is 0.786. The molecule has 22 heavy (non-hydrogen) atoms. The molecule has 0 bridgehead atoms. The van der Waals surface area contributed by atoms with Crippen LogP contribution in [0.1, 0.15) is 17.5 Å². The Morgan fingerprint density at radius 3 is 1.77 bits per heavy atom. The van der Waals surface area contributed by atoms with Crippen molar-refractivity contribution in [2.24, 2.45) is 0 Å². The number of nitrogens with zero attached hydrogens (tertiary/aromatic N) is 1. The summed E-state index contributed by atoms with van der Waals surface area (Å²) in [7, 11) is 0. The maximum atomic E-state index is 10.7. The third kappa shape index (κ3) is 5.68. The van der Waals surface area contributed by atoms with Gasteiger partial charge in [0.15, 0.2) is 0 Å². The van der Waals surface area contributed by atoms with Gasteiger partial charge in [-0.05, 0) is 11.1 Å². The smallest absolute Gasteiger partial charge is 0.306 e. The highest BCUT2D eigenvalue weighted by Crippen LogP contribution is 2.11. The average molecular weight is 299 g/mol. The number of aliphatic hydroxyl groups is 1. The van der Waals surface area contributed by atoms with E-state index in [0.29, 0.717) is 19.6 Å². The van der Waals surface area contributed by atoms with E-state index in [9.17, 15) is 9.90 Å². The molecule has 0 radical (unpaired) electrons. The summed E-state index contributed by atoms with van der Waals surface area (Å²) in [6, 6.07) is 19.9. The molecule has 0 amide bonds. The van der Waals surface area contributed by atoms with E-state index in [-0.39, 0.29) is 6.42 Å². The number of hydrogen-bond donors (Lipinski definition) is 2. The lowest BCUT2D eigenvalue weighted by Gasteiger charge is -2.25. The first kappa shape index (κ1) is 16.2. The molecular formula is C18H21NO3. The molecule has 0 aromatic heterocycles. The van der Waals surface area contributed by atoms with Gasteiger partial charge in [0.05, 0.1) is 12.5 Å². The molecule has 2 N–H and O–H groups in total. The molecule has 2 rings (SSSR count). The molecular weight excluding hydrogens is 278 g/mol. The van der Waals surface area contributed by atoms with Crippen molar-refractivity contribution in [2.75, 3.05) is 6.54 Å². The van der Waals surface area contributed by atoms with Crippen molar-refractivity contribution < 1.29 is 15.0 Å². The van der Waals surface area contributed by atoms with E-state index in [2.05, 4.69) is 4.90 Å². The predicted molar refractivity (Wildman–Crippen MR) is 85.3 cm³/mol. The highest BCUT2D eigenvalue weighted by molar-refractivity contribution is 5.67. The van der Waals surface area contributed by atoms with Crippen LogP contribution in [0.3, 0.4) is 0 Å². The summed E-state index contributed by atoms with van der Waals surface area (Å²) in [5.41, 5.74) is 2.28. The zero-order valence-corrected chi connectivity index (χ0v) is 12.4. The third-order valence-corrected chi connectivity index (χ3v) is 3.38. The Morgan fingerprint density at radius 2 is 1.36 bits per heavy atom. The summed E-state index contributed by atoms with van der Waals surface area (Å²) in [5.74, 6) is -0.980. The lowest BCUT2D eigenvalue weighted by Crippen LogP contribution is -2.33. The van der Waals surface area contributed by atoms with Gasteiger partial charge in [-0.1, -0.05) is 60.7 Å². The van der Waals surface area contributed by atoms with Crippen LogP contribution < -0.4 is 0 Å². The third-order valence-electron chi connectivity index (χ3n) is 3.38. The first-order chi connectivity index (χ1) is 10.6. The Labute approximate surface area is 130 Å². The molecule has 116 valence electrons. The van der Waals surface area contributed by atoms with Crippen LogP contribution in [0, 0.1) is 0 Å². The highest BCUT2D eigenvalue weighted by atomic mass is 16.4. The van der Waals surface area contributed by atoms with Crippen LogP contribution in [-0.4, -0.2) is 33.7 Å². The SMILES string of the molecule is O=C(O)CC(O)CN(Cc1ccccc1)Cc1ccccc1. The molecule has 0 saturated heterocycles. The molecule has 4 heteroatoms. The number of hydrogen-bond acceptors (Lipinski definition) is 3. The molecule has 0 saturated carbocycles. The largest absolute Gasteiger partial charge is 0.481 e. The van der Waals surface area contributed by atoms with E-state index < -0.39 is 12.1 Å². The van der Waals surface area contributed by atoms with Crippen molar-refractivity contribution >= 4 is 5.97 Å². The molecule has 0 aliphatic rings. The Bertz CT molecular complexity index is 530. The molecule has 0 aliphatic heterocycles. The lowest BCUT2D eigenvalue weighted by atomic mass is 10.1. The van der Waals surface area contributed by atoms with Crippen molar-refractivity contribution in [3.8, 4) is 0 Å². The first-order valence-electron chi connectivity index (χ1n) is 7.33. The number of rotatable bonds is 8. The van der Waals surface area contributed by atoms with Crippen LogP contribution in [0.5, 0.6) is 0 Å². The Balaban J connectivity index is 2.04. The summed E-state index contributed by atoms with van der Waals surface area (Å²) in [4.78, 5) is 12.8. The zero-order chi connectivity index (χ0) is 15.8. The summed E-state index contributed by atoms with van der Waals surface area (Å²) >= 11 is 0. The van der Waals surface area contributed by atoms with Crippen LogP contribution in [0.2, 0.25) is 0 Å². The molecule has 0 fully saturated rings. The minimum Gasteiger partial charge on any atom is -0.481 e. The number of carboxylic acid groups (broad SMARTS) is 1. The monoisotopic (exact) mass is 299 g/mol. The number of benzene rings is 2. The summed E-state index contributed by atoms with van der Waals surface area (Å²) in [5, 5.41) is 18.7. The number of carbonyl (C=O) groups is 1. The average Bonchev–Trinajstić information content (AvgIpc) is 2.48. The highest BCUT2D eigenvalue weighted by Gasteiger charge is 2.15. The second-order valence-electron chi connectivity index (χ2n) is 5.39. The van der Waals surface area contributed by atoms with E-state index in [0.717, 1.165) is 11.1 Å². The molecule has 0 spiro atoms. The minimum absolute atomic E-state index is 0.236. The second kappa shape index (κ2) is 8.32. The molecule has 4 nitrogen and oxygen atoms in total. The van der Waals surface area contributed by atoms with E-state index in [1.54, 1.807) is 0 Å². The van der Waals surface area contributed by atoms with Gasteiger partial charge in [0.2, 0.25) is 0 Å². The van der Waals surface area contributed by atoms with Crippen LogP contribution in [0.25, 0.3) is 0 Å². The van der Waals surface area contributed by atoms with E-state index in [1.807, 2.05) is 60.7 Å². The first-order valence-corrected chi connectivity index (χ1v) is 7.33. The molecule has 0 heterocycles. The fourth-order valence-electron chi connectivity index (χ4n) is 2.43. The topological polar surface area (TPSA) is 60.8 Å². The standard InChI is InChI=1S/C18H21NO3/c20-17(11-18(21)22)14-19(12-15-7-3-1-4-8-15)13-16-9-5-2-6-10-16/h1-10,17,20H,11-14H2,(H,21,22). The van der Waals surface area contributed by atoms with Gasteiger partial charge in [0, 0.05) is 19.6 Å². The van der Waals surface area contributed by atoms with Gasteiger partial charge >= 0.3 is 5.97 Å². The van der Waals surface area contributed by atoms with E-state index >= 15 is 0 Å². The Morgan fingerprint density at radius 1 is 0.909 bits per heavy atom. The molecule has 2 aromatic carbocycles. The molecule has 2 aromatic rings. The predicted octanol–water partition coefficient (Wildman–Crippen LogP) is 2.52. The van der Waals surface area contributed by atoms with Gasteiger partial charge < -0.3 is 10.2 Å². The van der Waals surface area contributed by atoms with Gasteiger partial charge in [-0.2, -0.15) is 0 Å². The van der Waals surface area contributed by atoms with Crippen molar-refractivity contribution in [3.05, 3.63) is 71.8 Å². The van der Waals surface area contributed by atoms with Crippen molar-refractivity contribution in [2.45, 2.75) is 25.6 Å². The van der Waals surface area contributed by atoms with Crippen LogP contribution >= 0.6 is 0 Å². The number of aliphatic hydroxyl groups excluding tert-OH is 1. The normalized spacial score (nSPS) is 12.3. The van der Waals surface area contributed by atoms with Gasteiger partial charge in [-0.3, -0.25) is 9.69 Å². The second-order valence-corrected chi connectivity index (χ2v) is 5.39. The number of aliphatic carboxylic acids is 1. The van der Waals surface area contributed by atoms with Crippen molar-refractivity contribution in [3.63, 3.8) is 0 Å². The molecule has 0 aliphatic carbocycles. The maximum Gasteiger partial charge on any atom is 0.306 e. The fraction of sp³-hybridized carbons (Fsp3) is 0.278. The summed E-state index contributed by atoms with van der Waals surface area (Å²) in [6.07, 6.45) is -1.11. The Kier molecular flexibility index (Phi) is 6.13. The molecule has 1 unspecified atom stereocenters. The van der Waals surface area contributed by atoms with Crippen molar-refractivity contribution in [1.29, 1.82) is 0 Å². The van der Waals surface area contributed by atoms with E-state index in [4.69, 9.17) is 5.11 Å². The van der Waals surface area contributed by atoms with Crippen LogP contribution in [0.15, 0.2) is 60.7 Å². The molecule has 1 atom stereocenters.